The molecule has 10 nitrogen and oxygen atoms in total. The van der Waals surface area contributed by atoms with Crippen LogP contribution in [0.15, 0.2) is 23.5 Å². The number of primary amides is 1. The summed E-state index contributed by atoms with van der Waals surface area (Å²) in [5.74, 6) is -1.11. The lowest BCUT2D eigenvalue weighted by Gasteiger charge is -2.30. The first-order valence-electron chi connectivity index (χ1n) is 12.1. The summed E-state index contributed by atoms with van der Waals surface area (Å²) in [6.45, 7) is 5.40. The van der Waals surface area contributed by atoms with Crippen LogP contribution in [0.2, 0.25) is 0 Å². The molecule has 1 aromatic carbocycles. The minimum atomic E-state index is -0.580. The molecule has 3 N–H and O–H groups in total. The molecule has 4 rings (SSSR count). The Kier molecular flexibility index (Phi) is 7.49. The number of fused-ring (bicyclic) bond motifs is 3. The Hall–Kier alpha value is -3.21. The Morgan fingerprint density at radius 2 is 1.89 bits per heavy atom. The van der Waals surface area contributed by atoms with Crippen molar-refractivity contribution in [3.8, 4) is 0 Å². The zero-order valence-electron chi connectivity index (χ0n) is 21.0. The highest BCUT2D eigenvalue weighted by atomic mass is 32.2. The summed E-state index contributed by atoms with van der Waals surface area (Å²) in [4.78, 5) is 45.5. The van der Waals surface area contributed by atoms with Crippen molar-refractivity contribution >= 4 is 51.4 Å². The van der Waals surface area contributed by atoms with Crippen molar-refractivity contribution in [1.29, 1.82) is 0 Å². The van der Waals surface area contributed by atoms with E-state index in [0.29, 0.717) is 10.5 Å². The van der Waals surface area contributed by atoms with E-state index in [1.807, 2.05) is 23.1 Å². The molecule has 36 heavy (non-hydrogen) atoms. The average molecular weight is 513 g/mol. The van der Waals surface area contributed by atoms with Crippen LogP contribution in [-0.4, -0.2) is 55.4 Å². The number of hydrogen-bond donors (Lipinski definition) is 2. The van der Waals surface area contributed by atoms with E-state index in [-0.39, 0.29) is 42.5 Å². The van der Waals surface area contributed by atoms with E-state index in [1.54, 1.807) is 27.0 Å². The zero-order valence-corrected chi connectivity index (χ0v) is 21.9. The van der Waals surface area contributed by atoms with Crippen LogP contribution < -0.4 is 11.1 Å². The quantitative estimate of drug-likeness (QED) is 0.278. The fourth-order valence-corrected chi connectivity index (χ4v) is 4.96. The molecule has 2 aromatic heterocycles. The molecule has 11 heteroatoms. The summed E-state index contributed by atoms with van der Waals surface area (Å²) in [7, 11) is 0. The van der Waals surface area contributed by atoms with Crippen LogP contribution >= 0.6 is 11.8 Å². The molecular weight excluding hydrogens is 480 g/mol. The van der Waals surface area contributed by atoms with Gasteiger partial charge in [-0.3, -0.25) is 19.1 Å². The number of nitrogens with one attached hydrogen (secondary N) is 1. The van der Waals surface area contributed by atoms with Crippen molar-refractivity contribution < 1.29 is 19.1 Å². The molecule has 1 saturated carbocycles. The van der Waals surface area contributed by atoms with Crippen LogP contribution in [-0.2, 0) is 14.3 Å². The third-order valence-electron chi connectivity index (χ3n) is 6.20. The van der Waals surface area contributed by atoms with Crippen LogP contribution in [0.25, 0.3) is 21.8 Å². The molecular formula is C25H32N6O4S. The molecule has 192 valence electrons. The lowest BCUT2D eigenvalue weighted by Crippen LogP contribution is -2.38. The van der Waals surface area contributed by atoms with E-state index in [4.69, 9.17) is 15.5 Å². The van der Waals surface area contributed by atoms with Crippen molar-refractivity contribution in [3.63, 3.8) is 0 Å². The summed E-state index contributed by atoms with van der Waals surface area (Å²) in [5, 5.41) is 9.84. The van der Waals surface area contributed by atoms with Crippen LogP contribution in [0.3, 0.4) is 0 Å². The Labute approximate surface area is 213 Å². The highest BCUT2D eigenvalue weighted by Gasteiger charge is 2.28. The number of nitrogens with zero attached hydrogens (tertiary/aromatic N) is 4. The molecule has 2 heterocycles. The normalized spacial score (nSPS) is 18.3. The Balaban J connectivity index is 1.47. The van der Waals surface area contributed by atoms with E-state index in [9.17, 15) is 14.4 Å². The molecule has 0 atom stereocenters. The number of amides is 2. The third kappa shape index (κ3) is 5.77. The van der Waals surface area contributed by atoms with Crippen LogP contribution in [0.4, 0.5) is 0 Å². The molecule has 0 aliphatic heterocycles. The van der Waals surface area contributed by atoms with Gasteiger partial charge in [0.05, 0.1) is 18.0 Å². The monoisotopic (exact) mass is 512 g/mol. The second-order valence-corrected chi connectivity index (χ2v) is 10.8. The number of hydrogen-bond acceptors (Lipinski definition) is 8. The minimum Gasteiger partial charge on any atom is -0.460 e. The van der Waals surface area contributed by atoms with Gasteiger partial charge in [-0.1, -0.05) is 17.8 Å². The van der Waals surface area contributed by atoms with Crippen molar-refractivity contribution in [2.45, 2.75) is 82.1 Å². The van der Waals surface area contributed by atoms with Crippen molar-refractivity contribution in [3.05, 3.63) is 24.0 Å². The van der Waals surface area contributed by atoms with E-state index in [0.717, 1.165) is 42.1 Å². The first-order chi connectivity index (χ1) is 17.1. The van der Waals surface area contributed by atoms with Gasteiger partial charge in [0.15, 0.2) is 10.9 Å². The van der Waals surface area contributed by atoms with Crippen LogP contribution in [0, 0.1) is 0 Å². The van der Waals surface area contributed by atoms with E-state index < -0.39 is 11.5 Å². The average Bonchev–Trinajstić information content (AvgIpc) is 3.22. The summed E-state index contributed by atoms with van der Waals surface area (Å²) in [6, 6.07) is 3.78. The molecule has 0 saturated heterocycles. The Morgan fingerprint density at radius 3 is 2.53 bits per heavy atom. The molecule has 1 aliphatic rings. The van der Waals surface area contributed by atoms with Gasteiger partial charge in [-0.05, 0) is 58.8 Å². The number of aromatic nitrogens is 4. The van der Waals surface area contributed by atoms with E-state index >= 15 is 0 Å². The Bertz CT molecular complexity index is 1310. The summed E-state index contributed by atoms with van der Waals surface area (Å²) < 4.78 is 7.15. The Morgan fingerprint density at radius 1 is 1.17 bits per heavy atom. The number of carbonyl (C=O) groups is 3. The highest BCUT2D eigenvalue weighted by Crippen LogP contribution is 2.35. The van der Waals surface area contributed by atoms with Gasteiger partial charge < -0.3 is 15.8 Å². The van der Waals surface area contributed by atoms with Gasteiger partial charge >= 0.3 is 5.97 Å². The topological polar surface area (TPSA) is 142 Å². The number of thioether (sulfide) groups is 1. The molecule has 0 unspecified atom stereocenters. The van der Waals surface area contributed by atoms with Crippen LogP contribution in [0.1, 0.15) is 75.8 Å². The summed E-state index contributed by atoms with van der Waals surface area (Å²) in [6.07, 6.45) is 6.89. The minimum absolute atomic E-state index is 0.0204. The number of benzene rings is 1. The predicted octanol–water partition coefficient (Wildman–Crippen LogP) is 3.52. The SMILES string of the molecule is CSc1ncc2ccc3c(C(N)=O)nn(C4CCC(NC(=O)CCC(=O)OC(C)(C)C)CC4)c3c2n1. The molecule has 1 fully saturated rings. The number of carbonyl (C=O) groups excluding carboxylic acids is 3. The van der Waals surface area contributed by atoms with Crippen molar-refractivity contribution in [2.24, 2.45) is 5.73 Å². The predicted molar refractivity (Wildman–Crippen MR) is 138 cm³/mol. The van der Waals surface area contributed by atoms with Gasteiger partial charge in [0.1, 0.15) is 11.1 Å². The smallest absolute Gasteiger partial charge is 0.306 e. The highest BCUT2D eigenvalue weighted by molar-refractivity contribution is 7.98. The standard InChI is InChI=1S/C25H32N6O4S/c1-25(2,3)35-19(33)12-11-18(32)28-15-6-8-16(9-7-15)31-22-17(21(30-31)23(26)34)10-5-14-13-27-24(36-4)29-20(14)22/h5,10,13,15-16H,6-9,11-12H2,1-4H3,(H2,26,34)(H,28,32). The lowest BCUT2D eigenvalue weighted by molar-refractivity contribution is -0.155. The molecule has 0 bridgehead atoms. The maximum atomic E-state index is 12.4. The lowest BCUT2D eigenvalue weighted by atomic mass is 9.91. The maximum Gasteiger partial charge on any atom is 0.306 e. The summed E-state index contributed by atoms with van der Waals surface area (Å²) >= 11 is 1.45. The second-order valence-electron chi connectivity index (χ2n) is 10.1. The molecule has 3 aromatic rings. The van der Waals surface area contributed by atoms with Crippen LogP contribution in [0.5, 0.6) is 0 Å². The van der Waals surface area contributed by atoms with Gasteiger partial charge in [0.2, 0.25) is 5.91 Å². The van der Waals surface area contributed by atoms with E-state index in [2.05, 4.69) is 15.4 Å². The number of ether oxygens (including phenoxy) is 1. The zero-order chi connectivity index (χ0) is 26.0. The molecule has 1 aliphatic carbocycles. The fraction of sp³-hybridized carbons (Fsp3) is 0.520. The van der Waals surface area contributed by atoms with E-state index in [1.165, 1.54) is 11.8 Å². The first-order valence-corrected chi connectivity index (χ1v) is 13.3. The van der Waals surface area contributed by atoms with Crippen molar-refractivity contribution in [2.75, 3.05) is 6.26 Å². The fourth-order valence-electron chi connectivity index (χ4n) is 4.62. The van der Waals surface area contributed by atoms with Gasteiger partial charge in [0.25, 0.3) is 5.91 Å². The number of rotatable bonds is 7. The second kappa shape index (κ2) is 10.4. The van der Waals surface area contributed by atoms with Gasteiger partial charge in [-0.15, -0.1) is 0 Å². The van der Waals surface area contributed by atoms with Gasteiger partial charge in [-0.25, -0.2) is 9.97 Å². The van der Waals surface area contributed by atoms with Crippen molar-refractivity contribution in [1.82, 2.24) is 25.1 Å². The number of nitrogens with two attached hydrogens (primary N) is 1. The molecule has 0 spiro atoms. The largest absolute Gasteiger partial charge is 0.460 e. The molecule has 0 radical (unpaired) electrons. The van der Waals surface area contributed by atoms with Gasteiger partial charge in [-0.2, -0.15) is 5.10 Å². The third-order valence-corrected chi connectivity index (χ3v) is 6.76. The number of esters is 1. The molecule has 2 amide bonds. The maximum absolute atomic E-state index is 12.4. The summed E-state index contributed by atoms with van der Waals surface area (Å²) in [5.41, 5.74) is 6.84. The van der Waals surface area contributed by atoms with Gasteiger partial charge in [0, 0.05) is 29.4 Å². The first kappa shape index (κ1) is 25.9.